The molecule has 21 heavy (non-hydrogen) atoms. The highest BCUT2D eigenvalue weighted by molar-refractivity contribution is 7.09. The van der Waals surface area contributed by atoms with Gasteiger partial charge < -0.3 is 10.1 Å². The maximum Gasteiger partial charge on any atom is 0.110 e. The molecule has 4 heteroatoms. The van der Waals surface area contributed by atoms with E-state index in [-0.39, 0.29) is 6.04 Å². The smallest absolute Gasteiger partial charge is 0.110 e. The Labute approximate surface area is 131 Å². The van der Waals surface area contributed by atoms with Gasteiger partial charge in [-0.05, 0) is 17.9 Å². The van der Waals surface area contributed by atoms with E-state index in [1.54, 1.807) is 18.4 Å². The molecular weight excluding hydrogens is 280 g/mol. The Hall–Kier alpha value is -1.23. The SMILES string of the molecule is COCCNC(Cc1ccccc1)c1nc(C(C)C)cs1. The van der Waals surface area contributed by atoms with Crippen molar-refractivity contribution >= 4 is 11.3 Å². The highest BCUT2D eigenvalue weighted by Crippen LogP contribution is 2.25. The molecule has 0 saturated heterocycles. The minimum atomic E-state index is 0.250. The number of thiazole rings is 1. The molecule has 1 N–H and O–H groups in total. The average molecular weight is 304 g/mol. The average Bonchev–Trinajstić information content (AvgIpc) is 2.97. The third-order valence-electron chi connectivity index (χ3n) is 3.41. The molecule has 0 aliphatic carbocycles. The summed E-state index contributed by atoms with van der Waals surface area (Å²) in [6.45, 7) is 5.92. The van der Waals surface area contributed by atoms with Gasteiger partial charge in [-0.25, -0.2) is 4.98 Å². The van der Waals surface area contributed by atoms with Crippen molar-refractivity contribution in [2.24, 2.45) is 0 Å². The van der Waals surface area contributed by atoms with Gasteiger partial charge in [-0.2, -0.15) is 0 Å². The second kappa shape index (κ2) is 8.27. The van der Waals surface area contributed by atoms with E-state index in [1.807, 2.05) is 0 Å². The van der Waals surface area contributed by atoms with Gasteiger partial charge in [0.25, 0.3) is 0 Å². The van der Waals surface area contributed by atoms with Crippen LogP contribution in [0.5, 0.6) is 0 Å². The van der Waals surface area contributed by atoms with E-state index in [4.69, 9.17) is 9.72 Å². The number of hydrogen-bond acceptors (Lipinski definition) is 4. The molecule has 2 rings (SSSR count). The first-order chi connectivity index (χ1) is 10.2. The number of aromatic nitrogens is 1. The maximum atomic E-state index is 5.14. The Bertz CT molecular complexity index is 525. The fourth-order valence-corrected chi connectivity index (χ4v) is 3.21. The molecule has 0 saturated carbocycles. The van der Waals surface area contributed by atoms with Crippen molar-refractivity contribution < 1.29 is 4.74 Å². The molecule has 0 spiro atoms. The van der Waals surface area contributed by atoms with Crippen LogP contribution in [0.4, 0.5) is 0 Å². The minimum Gasteiger partial charge on any atom is -0.383 e. The summed E-state index contributed by atoms with van der Waals surface area (Å²) < 4.78 is 5.14. The van der Waals surface area contributed by atoms with E-state index in [9.17, 15) is 0 Å². The first-order valence-corrected chi connectivity index (χ1v) is 8.30. The second-order valence-electron chi connectivity index (χ2n) is 5.45. The van der Waals surface area contributed by atoms with E-state index in [0.717, 1.165) is 13.0 Å². The van der Waals surface area contributed by atoms with E-state index in [2.05, 4.69) is 54.9 Å². The summed E-state index contributed by atoms with van der Waals surface area (Å²) in [6.07, 6.45) is 0.954. The number of ether oxygens (including phenoxy) is 1. The van der Waals surface area contributed by atoms with Gasteiger partial charge in [-0.1, -0.05) is 44.2 Å². The van der Waals surface area contributed by atoms with Crippen LogP contribution in [0.1, 0.15) is 42.1 Å². The van der Waals surface area contributed by atoms with Crippen molar-refractivity contribution in [3.05, 3.63) is 52.0 Å². The van der Waals surface area contributed by atoms with Crippen LogP contribution >= 0.6 is 11.3 Å². The summed E-state index contributed by atoms with van der Waals surface area (Å²) in [5.74, 6) is 0.478. The third-order valence-corrected chi connectivity index (χ3v) is 4.39. The van der Waals surface area contributed by atoms with Crippen molar-refractivity contribution in [2.45, 2.75) is 32.2 Å². The molecule has 114 valence electrons. The molecule has 1 aromatic heterocycles. The summed E-state index contributed by atoms with van der Waals surface area (Å²) in [5.41, 5.74) is 2.51. The van der Waals surface area contributed by atoms with Crippen LogP contribution in [-0.2, 0) is 11.2 Å². The molecular formula is C17H24N2OS. The molecule has 0 aliphatic heterocycles. The Morgan fingerprint density at radius 1 is 1.24 bits per heavy atom. The topological polar surface area (TPSA) is 34.1 Å². The summed E-state index contributed by atoms with van der Waals surface area (Å²) in [7, 11) is 1.73. The van der Waals surface area contributed by atoms with Crippen LogP contribution in [-0.4, -0.2) is 25.2 Å². The van der Waals surface area contributed by atoms with Crippen molar-refractivity contribution in [2.75, 3.05) is 20.3 Å². The summed E-state index contributed by atoms with van der Waals surface area (Å²) in [5, 5.41) is 6.90. The number of nitrogens with zero attached hydrogens (tertiary/aromatic N) is 1. The molecule has 0 amide bonds. The van der Waals surface area contributed by atoms with Crippen LogP contribution in [0.25, 0.3) is 0 Å². The molecule has 0 fully saturated rings. The zero-order valence-corrected chi connectivity index (χ0v) is 13.8. The van der Waals surface area contributed by atoms with Gasteiger partial charge in [0.15, 0.2) is 0 Å². The fourth-order valence-electron chi connectivity index (χ4n) is 2.16. The van der Waals surface area contributed by atoms with E-state index in [1.165, 1.54) is 16.3 Å². The molecule has 3 nitrogen and oxygen atoms in total. The zero-order chi connectivity index (χ0) is 15.1. The minimum absolute atomic E-state index is 0.250. The van der Waals surface area contributed by atoms with Crippen molar-refractivity contribution in [1.29, 1.82) is 0 Å². The third kappa shape index (κ3) is 4.92. The van der Waals surface area contributed by atoms with Crippen LogP contribution in [0.15, 0.2) is 35.7 Å². The molecule has 2 aromatic rings. The highest BCUT2D eigenvalue weighted by Gasteiger charge is 2.16. The fraction of sp³-hybridized carbons (Fsp3) is 0.471. The Kier molecular flexibility index (Phi) is 6.36. The first-order valence-electron chi connectivity index (χ1n) is 7.42. The Balaban J connectivity index is 2.10. The number of methoxy groups -OCH3 is 1. The lowest BCUT2D eigenvalue weighted by atomic mass is 10.1. The summed E-state index contributed by atoms with van der Waals surface area (Å²) in [6, 6.07) is 10.8. The van der Waals surface area contributed by atoms with Crippen molar-refractivity contribution in [3.8, 4) is 0 Å². The monoisotopic (exact) mass is 304 g/mol. The predicted molar refractivity (Wildman–Crippen MR) is 89.0 cm³/mol. The van der Waals surface area contributed by atoms with Crippen molar-refractivity contribution in [1.82, 2.24) is 10.3 Å². The van der Waals surface area contributed by atoms with Gasteiger partial charge in [-0.3, -0.25) is 0 Å². The first kappa shape index (κ1) is 16.1. The highest BCUT2D eigenvalue weighted by atomic mass is 32.1. The van der Waals surface area contributed by atoms with Crippen molar-refractivity contribution in [3.63, 3.8) is 0 Å². The number of nitrogens with one attached hydrogen (secondary N) is 1. The molecule has 0 radical (unpaired) electrons. The lowest BCUT2D eigenvalue weighted by Gasteiger charge is -2.16. The van der Waals surface area contributed by atoms with E-state index < -0.39 is 0 Å². The van der Waals surface area contributed by atoms with Gasteiger partial charge >= 0.3 is 0 Å². The standard InChI is InChI=1S/C17H24N2OS/c1-13(2)16-12-21-17(19-16)15(18-9-10-20-3)11-14-7-5-4-6-8-14/h4-8,12-13,15,18H,9-11H2,1-3H3. The quantitative estimate of drug-likeness (QED) is 0.754. The molecule has 1 heterocycles. The van der Waals surface area contributed by atoms with Gasteiger partial charge in [0.05, 0.1) is 18.3 Å². The Morgan fingerprint density at radius 2 is 2.00 bits per heavy atom. The van der Waals surface area contributed by atoms with Gasteiger partial charge in [0.1, 0.15) is 5.01 Å². The largest absolute Gasteiger partial charge is 0.383 e. The number of hydrogen-bond donors (Lipinski definition) is 1. The normalized spacial score (nSPS) is 12.8. The molecule has 0 aliphatic rings. The lowest BCUT2D eigenvalue weighted by Crippen LogP contribution is -2.26. The van der Waals surface area contributed by atoms with Crippen LogP contribution in [0.2, 0.25) is 0 Å². The molecule has 1 unspecified atom stereocenters. The van der Waals surface area contributed by atoms with E-state index >= 15 is 0 Å². The molecule has 1 atom stereocenters. The predicted octanol–water partition coefficient (Wildman–Crippen LogP) is 3.79. The Morgan fingerprint density at radius 3 is 2.62 bits per heavy atom. The van der Waals surface area contributed by atoms with Gasteiger partial charge in [0, 0.05) is 19.0 Å². The number of benzene rings is 1. The zero-order valence-electron chi connectivity index (χ0n) is 13.0. The second-order valence-corrected chi connectivity index (χ2v) is 6.34. The van der Waals surface area contributed by atoms with Crippen LogP contribution < -0.4 is 5.32 Å². The summed E-state index contributed by atoms with van der Waals surface area (Å²) in [4.78, 5) is 4.80. The van der Waals surface area contributed by atoms with Gasteiger partial charge in [-0.15, -0.1) is 11.3 Å². The molecule has 0 bridgehead atoms. The van der Waals surface area contributed by atoms with Crippen LogP contribution in [0.3, 0.4) is 0 Å². The van der Waals surface area contributed by atoms with Gasteiger partial charge in [0.2, 0.25) is 0 Å². The number of rotatable bonds is 8. The molecule has 1 aromatic carbocycles. The van der Waals surface area contributed by atoms with Crippen LogP contribution in [0, 0.1) is 0 Å². The summed E-state index contributed by atoms with van der Waals surface area (Å²) >= 11 is 1.75. The lowest BCUT2D eigenvalue weighted by molar-refractivity contribution is 0.195. The van der Waals surface area contributed by atoms with E-state index in [0.29, 0.717) is 12.5 Å². The maximum absolute atomic E-state index is 5.14.